The Kier molecular flexibility index (Phi) is 2.68. The first-order valence-electron chi connectivity index (χ1n) is 5.32. The fraction of sp³-hybridized carbons (Fsp3) is 0.143. The van der Waals surface area contributed by atoms with Gasteiger partial charge in [-0.05, 0) is 48.7 Å². The van der Waals surface area contributed by atoms with Gasteiger partial charge >= 0.3 is 0 Å². The van der Waals surface area contributed by atoms with Crippen molar-refractivity contribution in [2.75, 3.05) is 0 Å². The number of benzene rings is 2. The van der Waals surface area contributed by atoms with Crippen LogP contribution in [0.1, 0.15) is 11.1 Å². The average Bonchev–Trinajstić information content (AvgIpc) is 2.31. The molecule has 3 N–H and O–H groups in total. The highest BCUT2D eigenvalue weighted by Gasteiger charge is 2.12. The second-order valence-corrected chi connectivity index (χ2v) is 4.09. The summed E-state index contributed by atoms with van der Waals surface area (Å²) < 4.78 is 0. The van der Waals surface area contributed by atoms with Gasteiger partial charge in [0.1, 0.15) is 17.2 Å². The standard InChI is InChI=1S/C14H14O3/c1-8-12(7-13(16)9(2)14(8)17)10-4-3-5-11(15)6-10/h3-7,15-17H,1-2H3. The van der Waals surface area contributed by atoms with E-state index in [2.05, 4.69) is 0 Å². The number of phenolic OH excluding ortho intramolecular Hbond substituents is 3. The molecule has 0 aromatic heterocycles. The molecule has 0 fully saturated rings. The first-order chi connectivity index (χ1) is 8.00. The van der Waals surface area contributed by atoms with E-state index in [1.807, 2.05) is 6.07 Å². The maximum atomic E-state index is 9.88. The monoisotopic (exact) mass is 230 g/mol. The Labute approximate surface area is 99.6 Å². The first kappa shape index (κ1) is 11.3. The molecule has 3 heteroatoms. The molecule has 17 heavy (non-hydrogen) atoms. The molecular formula is C14H14O3. The molecule has 0 aliphatic carbocycles. The van der Waals surface area contributed by atoms with Crippen LogP contribution in [0.5, 0.6) is 17.2 Å². The van der Waals surface area contributed by atoms with Crippen molar-refractivity contribution in [2.24, 2.45) is 0 Å². The molecule has 0 saturated heterocycles. The highest BCUT2D eigenvalue weighted by molar-refractivity contribution is 5.74. The summed E-state index contributed by atoms with van der Waals surface area (Å²) in [5.41, 5.74) is 2.62. The van der Waals surface area contributed by atoms with Crippen LogP contribution in [0.25, 0.3) is 11.1 Å². The van der Waals surface area contributed by atoms with Crippen LogP contribution in [0.15, 0.2) is 30.3 Å². The molecule has 0 bridgehead atoms. The molecule has 0 atom stereocenters. The van der Waals surface area contributed by atoms with Gasteiger partial charge in [0.2, 0.25) is 0 Å². The molecule has 0 heterocycles. The predicted molar refractivity (Wildman–Crippen MR) is 66.3 cm³/mol. The molecule has 0 saturated carbocycles. The number of rotatable bonds is 1. The minimum Gasteiger partial charge on any atom is -0.508 e. The number of phenols is 3. The molecule has 2 rings (SSSR count). The zero-order chi connectivity index (χ0) is 12.6. The molecule has 0 radical (unpaired) electrons. The highest BCUT2D eigenvalue weighted by atomic mass is 16.3. The van der Waals surface area contributed by atoms with E-state index >= 15 is 0 Å². The molecule has 2 aromatic carbocycles. The molecule has 88 valence electrons. The highest BCUT2D eigenvalue weighted by Crippen LogP contribution is 2.38. The van der Waals surface area contributed by atoms with Crippen molar-refractivity contribution in [3.63, 3.8) is 0 Å². The van der Waals surface area contributed by atoms with Crippen molar-refractivity contribution in [3.8, 4) is 28.4 Å². The second-order valence-electron chi connectivity index (χ2n) is 4.09. The van der Waals surface area contributed by atoms with Crippen LogP contribution in [-0.4, -0.2) is 15.3 Å². The average molecular weight is 230 g/mol. The van der Waals surface area contributed by atoms with Gasteiger partial charge in [-0.15, -0.1) is 0 Å². The Bertz CT molecular complexity index is 574. The minimum absolute atomic E-state index is 0.0476. The van der Waals surface area contributed by atoms with E-state index in [1.54, 1.807) is 38.1 Å². The van der Waals surface area contributed by atoms with Crippen LogP contribution in [0, 0.1) is 13.8 Å². The third-order valence-electron chi connectivity index (χ3n) is 2.94. The van der Waals surface area contributed by atoms with Crippen LogP contribution >= 0.6 is 0 Å². The molecule has 0 unspecified atom stereocenters. The molecule has 0 aliphatic rings. The van der Waals surface area contributed by atoms with Gasteiger partial charge in [-0.25, -0.2) is 0 Å². The molecular weight excluding hydrogens is 216 g/mol. The lowest BCUT2D eigenvalue weighted by molar-refractivity contribution is 0.441. The van der Waals surface area contributed by atoms with Gasteiger partial charge in [-0.3, -0.25) is 0 Å². The summed E-state index contributed by atoms with van der Waals surface area (Å²) >= 11 is 0. The van der Waals surface area contributed by atoms with Crippen LogP contribution in [0.4, 0.5) is 0 Å². The Hall–Kier alpha value is -2.16. The molecule has 0 amide bonds. The van der Waals surface area contributed by atoms with Gasteiger partial charge in [0.15, 0.2) is 0 Å². The van der Waals surface area contributed by atoms with Crippen molar-refractivity contribution in [1.29, 1.82) is 0 Å². The maximum absolute atomic E-state index is 9.88. The van der Waals surface area contributed by atoms with Gasteiger partial charge in [0.05, 0.1) is 0 Å². The van der Waals surface area contributed by atoms with E-state index in [4.69, 9.17) is 0 Å². The molecule has 2 aromatic rings. The minimum atomic E-state index is 0.0476. The van der Waals surface area contributed by atoms with Crippen molar-refractivity contribution in [1.82, 2.24) is 0 Å². The summed E-state index contributed by atoms with van der Waals surface area (Å²) in [6.45, 7) is 3.44. The van der Waals surface area contributed by atoms with Gasteiger partial charge in [-0.1, -0.05) is 12.1 Å². The van der Waals surface area contributed by atoms with E-state index in [0.717, 1.165) is 5.56 Å². The fourth-order valence-corrected chi connectivity index (χ4v) is 1.86. The van der Waals surface area contributed by atoms with Crippen molar-refractivity contribution >= 4 is 0 Å². The largest absolute Gasteiger partial charge is 0.508 e. The van der Waals surface area contributed by atoms with Crippen LogP contribution in [-0.2, 0) is 0 Å². The Balaban J connectivity index is 2.68. The molecule has 3 nitrogen and oxygen atoms in total. The van der Waals surface area contributed by atoms with E-state index in [9.17, 15) is 15.3 Å². The van der Waals surface area contributed by atoms with Gasteiger partial charge in [0.25, 0.3) is 0 Å². The molecule has 0 spiro atoms. The smallest absolute Gasteiger partial charge is 0.125 e. The first-order valence-corrected chi connectivity index (χ1v) is 5.32. The van der Waals surface area contributed by atoms with Gasteiger partial charge < -0.3 is 15.3 Å². The lowest BCUT2D eigenvalue weighted by atomic mass is 9.97. The van der Waals surface area contributed by atoms with Crippen LogP contribution < -0.4 is 0 Å². The summed E-state index contributed by atoms with van der Waals surface area (Å²) in [7, 11) is 0. The summed E-state index contributed by atoms with van der Waals surface area (Å²) in [6, 6.07) is 8.30. The third kappa shape index (κ3) is 1.91. The van der Waals surface area contributed by atoms with E-state index in [1.165, 1.54) is 0 Å². The lowest BCUT2D eigenvalue weighted by Gasteiger charge is -2.12. The zero-order valence-electron chi connectivity index (χ0n) is 9.73. The van der Waals surface area contributed by atoms with Gasteiger partial charge in [-0.2, -0.15) is 0 Å². The predicted octanol–water partition coefficient (Wildman–Crippen LogP) is 3.09. The van der Waals surface area contributed by atoms with Gasteiger partial charge in [0, 0.05) is 5.56 Å². The number of hydrogen-bond acceptors (Lipinski definition) is 3. The second kappa shape index (κ2) is 4.01. The Morgan fingerprint density at radius 2 is 1.59 bits per heavy atom. The van der Waals surface area contributed by atoms with Crippen LogP contribution in [0.2, 0.25) is 0 Å². The Morgan fingerprint density at radius 3 is 2.24 bits per heavy atom. The summed E-state index contributed by atoms with van der Waals surface area (Å²) in [5, 5.41) is 29.0. The Morgan fingerprint density at radius 1 is 0.882 bits per heavy atom. The van der Waals surface area contributed by atoms with Crippen molar-refractivity contribution in [2.45, 2.75) is 13.8 Å². The third-order valence-corrected chi connectivity index (χ3v) is 2.94. The summed E-state index contributed by atoms with van der Waals surface area (Å²) in [4.78, 5) is 0. The zero-order valence-corrected chi connectivity index (χ0v) is 9.73. The van der Waals surface area contributed by atoms with E-state index < -0.39 is 0 Å². The summed E-state index contributed by atoms with van der Waals surface area (Å²) in [6.07, 6.45) is 0. The number of hydrogen-bond donors (Lipinski definition) is 3. The van der Waals surface area contributed by atoms with Crippen LogP contribution in [0.3, 0.4) is 0 Å². The van der Waals surface area contributed by atoms with E-state index in [-0.39, 0.29) is 17.2 Å². The maximum Gasteiger partial charge on any atom is 0.125 e. The fourth-order valence-electron chi connectivity index (χ4n) is 1.86. The normalized spacial score (nSPS) is 10.5. The number of aromatic hydroxyl groups is 3. The van der Waals surface area contributed by atoms with Crippen molar-refractivity contribution in [3.05, 3.63) is 41.5 Å². The topological polar surface area (TPSA) is 60.7 Å². The van der Waals surface area contributed by atoms with E-state index in [0.29, 0.717) is 16.7 Å². The molecule has 0 aliphatic heterocycles. The quantitative estimate of drug-likeness (QED) is 0.705. The SMILES string of the molecule is Cc1c(O)cc(-c2cccc(O)c2)c(C)c1O. The summed E-state index contributed by atoms with van der Waals surface area (Å²) in [5.74, 6) is 0.288. The lowest BCUT2D eigenvalue weighted by Crippen LogP contribution is -1.88. The van der Waals surface area contributed by atoms with Crippen molar-refractivity contribution < 1.29 is 15.3 Å².